The Labute approximate surface area is 146 Å². The van der Waals surface area contributed by atoms with E-state index in [2.05, 4.69) is 15.4 Å². The molecule has 3 aromatic rings. The molecule has 0 atom stereocenters. The molecule has 0 fully saturated rings. The van der Waals surface area contributed by atoms with Gasteiger partial charge in [-0.25, -0.2) is 0 Å². The molecule has 3 aromatic heterocycles. The van der Waals surface area contributed by atoms with Crippen LogP contribution in [0.25, 0.3) is 5.52 Å². The molecule has 3 rings (SSSR count). The zero-order chi connectivity index (χ0) is 17.3. The highest BCUT2D eigenvalue weighted by atomic mass is 35.5. The molecule has 24 heavy (non-hydrogen) atoms. The predicted octanol–water partition coefficient (Wildman–Crippen LogP) is 2.79. The summed E-state index contributed by atoms with van der Waals surface area (Å²) in [6.07, 6.45) is 2.77. The number of hydrogen-bond donors (Lipinski definition) is 2. The fraction of sp³-hybridized carbons (Fsp3) is 0.133. The number of halogens is 2. The third-order valence-electron chi connectivity index (χ3n) is 3.34. The molecule has 0 aromatic carbocycles. The van der Waals surface area contributed by atoms with E-state index in [-0.39, 0.29) is 22.3 Å². The van der Waals surface area contributed by atoms with Crippen LogP contribution in [0.3, 0.4) is 0 Å². The molecule has 0 saturated heterocycles. The van der Waals surface area contributed by atoms with Crippen molar-refractivity contribution in [1.82, 2.24) is 14.6 Å². The van der Waals surface area contributed by atoms with Crippen LogP contribution in [0.5, 0.6) is 5.88 Å². The van der Waals surface area contributed by atoms with Gasteiger partial charge in [-0.3, -0.25) is 9.78 Å². The van der Waals surface area contributed by atoms with Gasteiger partial charge in [0.25, 0.3) is 5.91 Å². The summed E-state index contributed by atoms with van der Waals surface area (Å²) in [5.74, 6) is 0.00303. The van der Waals surface area contributed by atoms with Gasteiger partial charge in [0.1, 0.15) is 0 Å². The Morgan fingerprint density at radius 2 is 2.04 bits per heavy atom. The monoisotopic (exact) mass is 366 g/mol. The van der Waals surface area contributed by atoms with Crippen LogP contribution >= 0.6 is 23.2 Å². The second kappa shape index (κ2) is 6.64. The van der Waals surface area contributed by atoms with Crippen LogP contribution in [0.2, 0.25) is 10.0 Å². The Hall–Kier alpha value is -2.35. The van der Waals surface area contributed by atoms with Crippen molar-refractivity contribution >= 4 is 40.3 Å². The van der Waals surface area contributed by atoms with E-state index in [1.807, 2.05) is 0 Å². The zero-order valence-corrected chi connectivity index (χ0v) is 14.0. The molecule has 0 spiro atoms. The van der Waals surface area contributed by atoms with E-state index < -0.39 is 5.91 Å². The maximum atomic E-state index is 12.6. The summed E-state index contributed by atoms with van der Waals surface area (Å²) in [7, 11) is 1.49. The number of hydrogen-bond acceptors (Lipinski definition) is 5. The standard InChI is InChI=1S/C15H12Cl2N4O3/c1-24-13-3-2-9(12-4-8(7-22)20-21(12)13)15(23)19-14-10(16)5-18-6-11(14)17/h2-6,22H,7H2,1H3,(H,18,19,23). The molecule has 3 heterocycles. The van der Waals surface area contributed by atoms with Crippen LogP contribution in [0.15, 0.2) is 30.6 Å². The molecular formula is C15H12Cl2N4O3. The first-order valence-corrected chi connectivity index (χ1v) is 7.57. The van der Waals surface area contributed by atoms with Crippen LogP contribution in [-0.2, 0) is 6.61 Å². The first-order valence-electron chi connectivity index (χ1n) is 6.82. The van der Waals surface area contributed by atoms with Crippen molar-refractivity contribution in [2.75, 3.05) is 12.4 Å². The highest BCUT2D eigenvalue weighted by Crippen LogP contribution is 2.30. The summed E-state index contributed by atoms with van der Waals surface area (Å²) in [6.45, 7) is -0.256. The lowest BCUT2D eigenvalue weighted by Gasteiger charge is -2.10. The van der Waals surface area contributed by atoms with Gasteiger partial charge in [0.2, 0.25) is 5.88 Å². The first-order chi connectivity index (χ1) is 11.5. The molecule has 0 bridgehead atoms. The van der Waals surface area contributed by atoms with Crippen LogP contribution < -0.4 is 10.1 Å². The lowest BCUT2D eigenvalue weighted by Crippen LogP contribution is -2.14. The molecule has 0 radical (unpaired) electrons. The second-order valence-electron chi connectivity index (χ2n) is 4.81. The number of nitrogens with one attached hydrogen (secondary N) is 1. The Kier molecular flexibility index (Phi) is 4.57. The molecular weight excluding hydrogens is 355 g/mol. The number of nitrogens with zero attached hydrogens (tertiary/aromatic N) is 3. The van der Waals surface area contributed by atoms with Crippen molar-refractivity contribution < 1.29 is 14.6 Å². The van der Waals surface area contributed by atoms with E-state index in [9.17, 15) is 9.90 Å². The summed E-state index contributed by atoms with van der Waals surface area (Å²) in [6, 6.07) is 4.80. The van der Waals surface area contributed by atoms with Crippen molar-refractivity contribution in [3.63, 3.8) is 0 Å². The lowest BCUT2D eigenvalue weighted by atomic mass is 10.2. The fourth-order valence-corrected chi connectivity index (χ4v) is 2.70. The smallest absolute Gasteiger partial charge is 0.257 e. The molecule has 1 amide bonds. The molecule has 124 valence electrons. The lowest BCUT2D eigenvalue weighted by molar-refractivity contribution is 0.102. The van der Waals surface area contributed by atoms with Crippen molar-refractivity contribution in [1.29, 1.82) is 0 Å². The van der Waals surface area contributed by atoms with E-state index in [0.29, 0.717) is 22.7 Å². The average Bonchev–Trinajstić information content (AvgIpc) is 3.01. The van der Waals surface area contributed by atoms with Gasteiger partial charge in [0, 0.05) is 18.5 Å². The summed E-state index contributed by atoms with van der Waals surface area (Å²) >= 11 is 12.0. The second-order valence-corrected chi connectivity index (χ2v) is 5.63. The number of pyridine rings is 2. The molecule has 0 aliphatic heterocycles. The van der Waals surface area contributed by atoms with E-state index in [4.69, 9.17) is 27.9 Å². The Balaban J connectivity index is 2.06. The molecule has 2 N–H and O–H groups in total. The number of anilines is 1. The molecule has 0 saturated carbocycles. The van der Waals surface area contributed by atoms with E-state index >= 15 is 0 Å². The van der Waals surface area contributed by atoms with Gasteiger partial charge in [-0.05, 0) is 12.1 Å². The summed E-state index contributed by atoms with van der Waals surface area (Å²) in [5, 5.41) is 16.6. The molecule has 0 aliphatic rings. The van der Waals surface area contributed by atoms with Crippen molar-refractivity contribution in [2.45, 2.75) is 6.61 Å². The maximum absolute atomic E-state index is 12.6. The Morgan fingerprint density at radius 1 is 1.33 bits per heavy atom. The number of rotatable bonds is 4. The average molecular weight is 367 g/mol. The van der Waals surface area contributed by atoms with Crippen LogP contribution in [0, 0.1) is 0 Å². The van der Waals surface area contributed by atoms with Gasteiger partial charge in [-0.1, -0.05) is 23.2 Å². The number of aromatic nitrogens is 3. The number of fused-ring (bicyclic) bond motifs is 1. The quantitative estimate of drug-likeness (QED) is 0.740. The summed E-state index contributed by atoms with van der Waals surface area (Å²) < 4.78 is 6.65. The topological polar surface area (TPSA) is 88.8 Å². The van der Waals surface area contributed by atoms with Gasteiger partial charge in [-0.15, -0.1) is 0 Å². The largest absolute Gasteiger partial charge is 0.481 e. The van der Waals surface area contributed by atoms with E-state index in [0.717, 1.165) is 0 Å². The number of carbonyl (C=O) groups is 1. The number of aliphatic hydroxyl groups excluding tert-OH is 1. The predicted molar refractivity (Wildman–Crippen MR) is 89.9 cm³/mol. The zero-order valence-electron chi connectivity index (χ0n) is 12.5. The van der Waals surface area contributed by atoms with Crippen molar-refractivity contribution in [2.24, 2.45) is 0 Å². The minimum absolute atomic E-state index is 0.227. The summed E-state index contributed by atoms with van der Waals surface area (Å²) in [4.78, 5) is 16.5. The molecule has 7 nitrogen and oxygen atoms in total. The first kappa shape index (κ1) is 16.5. The third-order valence-corrected chi connectivity index (χ3v) is 3.92. The third kappa shape index (κ3) is 2.89. The van der Waals surface area contributed by atoms with Crippen molar-refractivity contribution in [3.05, 3.63) is 51.9 Å². The molecule has 9 heteroatoms. The van der Waals surface area contributed by atoms with Gasteiger partial charge in [0.05, 0.1) is 46.2 Å². The SMILES string of the molecule is COc1ccc(C(=O)Nc2c(Cl)cncc2Cl)c2cc(CO)nn12. The highest BCUT2D eigenvalue weighted by Gasteiger charge is 2.18. The summed E-state index contributed by atoms with van der Waals surface area (Å²) in [5.41, 5.74) is 1.49. The number of methoxy groups -OCH3 is 1. The van der Waals surface area contributed by atoms with E-state index in [1.165, 1.54) is 24.0 Å². The Morgan fingerprint density at radius 3 is 2.67 bits per heavy atom. The van der Waals surface area contributed by atoms with Crippen molar-refractivity contribution in [3.8, 4) is 5.88 Å². The normalized spacial score (nSPS) is 10.8. The van der Waals surface area contributed by atoms with Crippen LogP contribution in [0.1, 0.15) is 16.1 Å². The number of ether oxygens (including phenoxy) is 1. The minimum atomic E-state index is -0.429. The minimum Gasteiger partial charge on any atom is -0.481 e. The Bertz CT molecular complexity index is 906. The van der Waals surface area contributed by atoms with E-state index in [1.54, 1.807) is 18.2 Å². The van der Waals surface area contributed by atoms with Gasteiger partial charge in [0.15, 0.2) is 0 Å². The number of amides is 1. The highest BCUT2D eigenvalue weighted by molar-refractivity contribution is 6.39. The number of carbonyl (C=O) groups excluding carboxylic acids is 1. The van der Waals surface area contributed by atoms with Gasteiger partial charge >= 0.3 is 0 Å². The fourth-order valence-electron chi connectivity index (χ4n) is 2.24. The van der Waals surface area contributed by atoms with Crippen LogP contribution in [0.4, 0.5) is 5.69 Å². The molecule has 0 aliphatic carbocycles. The van der Waals surface area contributed by atoms with Gasteiger partial charge < -0.3 is 15.2 Å². The number of aliphatic hydroxyl groups is 1. The van der Waals surface area contributed by atoms with Crippen LogP contribution in [-0.4, -0.2) is 32.7 Å². The maximum Gasteiger partial charge on any atom is 0.257 e. The van der Waals surface area contributed by atoms with Gasteiger partial charge in [-0.2, -0.15) is 9.61 Å². The molecule has 0 unspecified atom stereocenters.